The highest BCUT2D eigenvalue weighted by molar-refractivity contribution is 6.00. The highest BCUT2D eigenvalue weighted by atomic mass is 16.4. The molecular formula is C20H25N3O5. The van der Waals surface area contributed by atoms with E-state index in [9.17, 15) is 19.2 Å². The molecule has 1 N–H and O–H groups in total. The Kier molecular flexibility index (Phi) is 5.96. The van der Waals surface area contributed by atoms with Crippen LogP contribution in [0.2, 0.25) is 0 Å². The minimum Gasteiger partial charge on any atom is -0.480 e. The molecular weight excluding hydrogens is 362 g/mol. The number of likely N-dealkylation sites (tertiary alicyclic amines) is 1. The molecule has 150 valence electrons. The van der Waals surface area contributed by atoms with Gasteiger partial charge < -0.3 is 19.8 Å². The predicted octanol–water partition coefficient (Wildman–Crippen LogP) is 0.957. The van der Waals surface area contributed by atoms with Crippen molar-refractivity contribution >= 4 is 23.7 Å². The van der Waals surface area contributed by atoms with Crippen molar-refractivity contribution < 1.29 is 24.3 Å². The second-order valence-electron chi connectivity index (χ2n) is 7.32. The van der Waals surface area contributed by atoms with Crippen LogP contribution in [0.25, 0.3) is 0 Å². The largest absolute Gasteiger partial charge is 0.480 e. The van der Waals surface area contributed by atoms with E-state index in [0.29, 0.717) is 44.5 Å². The van der Waals surface area contributed by atoms with Crippen molar-refractivity contribution in [2.45, 2.75) is 38.8 Å². The minimum atomic E-state index is -1.04. The van der Waals surface area contributed by atoms with Crippen LogP contribution in [0.1, 0.15) is 42.1 Å². The summed E-state index contributed by atoms with van der Waals surface area (Å²) in [7, 11) is 0. The fourth-order valence-corrected chi connectivity index (χ4v) is 3.99. The zero-order valence-electron chi connectivity index (χ0n) is 16.0. The van der Waals surface area contributed by atoms with Crippen LogP contribution < -0.4 is 0 Å². The van der Waals surface area contributed by atoms with Crippen molar-refractivity contribution in [3.63, 3.8) is 0 Å². The number of fused-ring (bicyclic) bond motifs is 1. The number of aliphatic carboxylic acids is 1. The lowest BCUT2D eigenvalue weighted by atomic mass is 10.1. The first-order chi connectivity index (χ1) is 13.4. The van der Waals surface area contributed by atoms with Crippen molar-refractivity contribution in [2.75, 3.05) is 26.2 Å². The molecule has 0 spiro atoms. The number of nitrogens with zero attached hydrogens (tertiary/aromatic N) is 3. The average Bonchev–Trinajstić information content (AvgIpc) is 2.83. The van der Waals surface area contributed by atoms with Crippen molar-refractivity contribution in [2.24, 2.45) is 0 Å². The Morgan fingerprint density at radius 3 is 2.61 bits per heavy atom. The topological polar surface area (TPSA) is 98.2 Å². The normalized spacial score (nSPS) is 19.2. The van der Waals surface area contributed by atoms with E-state index < -0.39 is 5.97 Å². The summed E-state index contributed by atoms with van der Waals surface area (Å²) in [6.07, 6.45) is 1.88. The molecule has 8 heteroatoms. The Bertz CT molecular complexity index is 794. The van der Waals surface area contributed by atoms with Crippen LogP contribution in [-0.2, 0) is 20.9 Å². The molecule has 1 aromatic rings. The third kappa shape index (κ3) is 4.32. The molecule has 0 aliphatic carbocycles. The van der Waals surface area contributed by atoms with Crippen molar-refractivity contribution in [1.29, 1.82) is 0 Å². The van der Waals surface area contributed by atoms with Gasteiger partial charge in [0.05, 0.1) is 0 Å². The van der Waals surface area contributed by atoms with Crippen molar-refractivity contribution in [3.05, 3.63) is 35.4 Å². The first-order valence-corrected chi connectivity index (χ1v) is 9.50. The second-order valence-corrected chi connectivity index (χ2v) is 7.32. The molecule has 1 unspecified atom stereocenters. The summed E-state index contributed by atoms with van der Waals surface area (Å²) in [5, 5.41) is 9.04. The Labute approximate surface area is 163 Å². The number of carboxylic acid groups (broad SMARTS) is 1. The third-order valence-corrected chi connectivity index (χ3v) is 5.42. The summed E-state index contributed by atoms with van der Waals surface area (Å²) < 4.78 is 0. The summed E-state index contributed by atoms with van der Waals surface area (Å²) in [6.45, 7) is 2.50. The van der Waals surface area contributed by atoms with Gasteiger partial charge in [-0.15, -0.1) is 0 Å². The number of rotatable bonds is 5. The SMILES string of the molecule is CC(=O)N(CC(=O)O)C1CCCN(C(=O)CN2Cc3ccccc3C2=O)CC1. The van der Waals surface area contributed by atoms with E-state index in [1.165, 1.54) is 11.8 Å². The van der Waals surface area contributed by atoms with Gasteiger partial charge in [0, 0.05) is 38.2 Å². The van der Waals surface area contributed by atoms with Crippen LogP contribution in [0, 0.1) is 0 Å². The first-order valence-electron chi connectivity index (χ1n) is 9.50. The number of carbonyl (C=O) groups excluding carboxylic acids is 3. The molecule has 3 amide bonds. The number of carboxylic acids is 1. The number of benzene rings is 1. The zero-order valence-corrected chi connectivity index (χ0v) is 16.0. The molecule has 2 aliphatic heterocycles. The Hall–Kier alpha value is -2.90. The molecule has 1 fully saturated rings. The van der Waals surface area contributed by atoms with Gasteiger partial charge in [0.15, 0.2) is 0 Å². The fraction of sp³-hybridized carbons (Fsp3) is 0.500. The monoisotopic (exact) mass is 387 g/mol. The lowest BCUT2D eigenvalue weighted by Gasteiger charge is -2.29. The fourth-order valence-electron chi connectivity index (χ4n) is 3.99. The first kappa shape index (κ1) is 19.9. The molecule has 0 aromatic heterocycles. The van der Waals surface area contributed by atoms with Crippen LogP contribution in [0.15, 0.2) is 24.3 Å². The summed E-state index contributed by atoms with van der Waals surface area (Å²) >= 11 is 0. The van der Waals surface area contributed by atoms with Gasteiger partial charge in [0.25, 0.3) is 5.91 Å². The Balaban J connectivity index is 1.58. The maximum Gasteiger partial charge on any atom is 0.323 e. The molecule has 1 saturated heterocycles. The minimum absolute atomic E-state index is 0.0315. The number of hydrogen-bond acceptors (Lipinski definition) is 4. The van der Waals surface area contributed by atoms with E-state index in [4.69, 9.17) is 5.11 Å². The van der Waals surface area contributed by atoms with Gasteiger partial charge in [0.1, 0.15) is 13.1 Å². The van der Waals surface area contributed by atoms with Crippen LogP contribution in [0.5, 0.6) is 0 Å². The van der Waals surface area contributed by atoms with Gasteiger partial charge in [-0.3, -0.25) is 19.2 Å². The maximum atomic E-state index is 12.7. The number of amides is 3. The van der Waals surface area contributed by atoms with Gasteiger partial charge >= 0.3 is 5.97 Å². The van der Waals surface area contributed by atoms with E-state index in [1.807, 2.05) is 18.2 Å². The third-order valence-electron chi connectivity index (χ3n) is 5.42. The van der Waals surface area contributed by atoms with Gasteiger partial charge in [-0.1, -0.05) is 18.2 Å². The van der Waals surface area contributed by atoms with Gasteiger partial charge in [-0.25, -0.2) is 0 Å². The highest BCUT2D eigenvalue weighted by Gasteiger charge is 2.31. The number of carbonyl (C=O) groups is 4. The predicted molar refractivity (Wildman–Crippen MR) is 100 cm³/mol. The standard InChI is InChI=1S/C20H25N3O5/c1-14(24)23(13-19(26)27)16-6-4-9-21(10-8-16)18(25)12-22-11-15-5-2-3-7-17(15)20(22)28/h2-3,5,7,16H,4,6,8-13H2,1H3,(H,26,27). The Morgan fingerprint density at radius 2 is 1.93 bits per heavy atom. The Morgan fingerprint density at radius 1 is 1.18 bits per heavy atom. The van der Waals surface area contributed by atoms with Crippen LogP contribution >= 0.6 is 0 Å². The molecule has 2 aliphatic rings. The van der Waals surface area contributed by atoms with Crippen LogP contribution in [-0.4, -0.2) is 75.7 Å². The summed E-state index contributed by atoms with van der Waals surface area (Å²) in [4.78, 5) is 52.7. The molecule has 0 saturated carbocycles. The quantitative estimate of drug-likeness (QED) is 0.811. The maximum absolute atomic E-state index is 12.7. The highest BCUT2D eigenvalue weighted by Crippen LogP contribution is 2.23. The van der Waals surface area contributed by atoms with Gasteiger partial charge in [-0.2, -0.15) is 0 Å². The molecule has 28 heavy (non-hydrogen) atoms. The second kappa shape index (κ2) is 8.41. The van der Waals surface area contributed by atoms with E-state index in [0.717, 1.165) is 5.56 Å². The lowest BCUT2D eigenvalue weighted by Crippen LogP contribution is -2.44. The zero-order chi connectivity index (χ0) is 20.3. The van der Waals surface area contributed by atoms with E-state index >= 15 is 0 Å². The van der Waals surface area contributed by atoms with E-state index in [1.54, 1.807) is 15.9 Å². The van der Waals surface area contributed by atoms with Gasteiger partial charge in [0.2, 0.25) is 11.8 Å². The van der Waals surface area contributed by atoms with Crippen molar-refractivity contribution in [1.82, 2.24) is 14.7 Å². The number of hydrogen-bond donors (Lipinski definition) is 1. The summed E-state index contributed by atoms with van der Waals surface area (Å²) in [5.41, 5.74) is 1.58. The smallest absolute Gasteiger partial charge is 0.323 e. The molecule has 1 atom stereocenters. The lowest BCUT2D eigenvalue weighted by molar-refractivity contribution is -0.145. The van der Waals surface area contributed by atoms with Crippen LogP contribution in [0.4, 0.5) is 0 Å². The van der Waals surface area contributed by atoms with Crippen LogP contribution in [0.3, 0.4) is 0 Å². The van der Waals surface area contributed by atoms with E-state index in [-0.39, 0.29) is 36.9 Å². The summed E-state index contributed by atoms with van der Waals surface area (Å²) in [5.74, 6) is -1.55. The van der Waals surface area contributed by atoms with Gasteiger partial charge in [-0.05, 0) is 30.9 Å². The average molecular weight is 387 g/mol. The van der Waals surface area contributed by atoms with E-state index in [2.05, 4.69) is 0 Å². The molecule has 3 rings (SSSR count). The molecule has 0 bridgehead atoms. The molecule has 2 heterocycles. The molecule has 8 nitrogen and oxygen atoms in total. The summed E-state index contributed by atoms with van der Waals surface area (Å²) in [6, 6.07) is 7.17. The molecule has 0 radical (unpaired) electrons. The molecule has 1 aromatic carbocycles. The van der Waals surface area contributed by atoms with Crippen molar-refractivity contribution in [3.8, 4) is 0 Å².